The van der Waals surface area contributed by atoms with Crippen molar-refractivity contribution in [2.45, 2.75) is 25.1 Å². The van der Waals surface area contributed by atoms with Crippen LogP contribution < -0.4 is 0 Å². The molecule has 2 nitrogen and oxygen atoms in total. The van der Waals surface area contributed by atoms with Gasteiger partial charge in [-0.3, -0.25) is 0 Å². The summed E-state index contributed by atoms with van der Waals surface area (Å²) in [6.45, 7) is 4.55. The third kappa shape index (κ3) is 1.11. The molecule has 0 radical (unpaired) electrons. The van der Waals surface area contributed by atoms with Gasteiger partial charge in [0.1, 0.15) is 6.04 Å². The standard InChI is InChI=1S/C8H12N2S/c1-5-3-4-7-8(6(5)2)11-10-9-7/h3-8H,1-2H3. The van der Waals surface area contributed by atoms with Crippen LogP contribution >= 0.6 is 11.9 Å². The number of hydrogen-bond donors (Lipinski definition) is 0. The first-order valence-corrected chi connectivity index (χ1v) is 4.87. The summed E-state index contributed by atoms with van der Waals surface area (Å²) in [5, 5.41) is 4.75. The van der Waals surface area contributed by atoms with Gasteiger partial charge in [0.15, 0.2) is 0 Å². The number of fused-ring (bicyclic) bond motifs is 1. The molecule has 0 aromatic carbocycles. The number of nitrogens with zero attached hydrogens (tertiary/aromatic N) is 2. The fourth-order valence-corrected chi connectivity index (χ4v) is 2.56. The molecular formula is C8H12N2S. The summed E-state index contributed by atoms with van der Waals surface area (Å²) in [6.07, 6.45) is 4.45. The van der Waals surface area contributed by atoms with Crippen LogP contribution in [0.4, 0.5) is 0 Å². The topological polar surface area (TPSA) is 24.7 Å². The Bertz CT molecular complexity index is 212. The van der Waals surface area contributed by atoms with E-state index in [9.17, 15) is 0 Å². The molecule has 1 heterocycles. The second kappa shape index (κ2) is 2.63. The number of hydrogen-bond acceptors (Lipinski definition) is 3. The molecule has 0 N–H and O–H groups in total. The summed E-state index contributed by atoms with van der Waals surface area (Å²) >= 11 is 1.65. The van der Waals surface area contributed by atoms with Crippen LogP contribution in [0.1, 0.15) is 13.8 Å². The summed E-state index contributed by atoms with van der Waals surface area (Å²) in [5.41, 5.74) is 0. The molecule has 3 heteroatoms. The first-order valence-electron chi connectivity index (χ1n) is 4.03. The van der Waals surface area contributed by atoms with Crippen molar-refractivity contribution in [1.29, 1.82) is 0 Å². The fourth-order valence-electron chi connectivity index (χ4n) is 1.58. The van der Waals surface area contributed by atoms with Crippen LogP contribution in [0.5, 0.6) is 0 Å². The van der Waals surface area contributed by atoms with Crippen LogP contribution in [0.15, 0.2) is 21.8 Å². The van der Waals surface area contributed by atoms with Gasteiger partial charge in [0.2, 0.25) is 0 Å². The van der Waals surface area contributed by atoms with E-state index >= 15 is 0 Å². The van der Waals surface area contributed by atoms with Gasteiger partial charge < -0.3 is 0 Å². The van der Waals surface area contributed by atoms with Crippen LogP contribution in [0.3, 0.4) is 0 Å². The van der Waals surface area contributed by atoms with Crippen LogP contribution in [-0.2, 0) is 0 Å². The highest BCUT2D eigenvalue weighted by molar-refractivity contribution is 7.98. The normalized spacial score (nSPS) is 47.8. The zero-order chi connectivity index (χ0) is 7.84. The van der Waals surface area contributed by atoms with E-state index in [4.69, 9.17) is 0 Å². The summed E-state index contributed by atoms with van der Waals surface area (Å²) in [6, 6.07) is 0.367. The van der Waals surface area contributed by atoms with Crippen molar-refractivity contribution < 1.29 is 0 Å². The second-order valence-electron chi connectivity index (χ2n) is 3.36. The van der Waals surface area contributed by atoms with E-state index in [2.05, 4.69) is 35.6 Å². The molecule has 1 aliphatic carbocycles. The monoisotopic (exact) mass is 168 g/mol. The van der Waals surface area contributed by atoms with Gasteiger partial charge >= 0.3 is 0 Å². The zero-order valence-corrected chi connectivity index (χ0v) is 7.58. The van der Waals surface area contributed by atoms with Gasteiger partial charge in [-0.1, -0.05) is 26.0 Å². The Morgan fingerprint density at radius 1 is 1.27 bits per heavy atom. The second-order valence-corrected chi connectivity index (χ2v) is 4.28. The van der Waals surface area contributed by atoms with E-state index in [0.29, 0.717) is 23.1 Å². The Morgan fingerprint density at radius 3 is 2.91 bits per heavy atom. The molecular weight excluding hydrogens is 156 g/mol. The quantitative estimate of drug-likeness (QED) is 0.403. The van der Waals surface area contributed by atoms with E-state index < -0.39 is 0 Å². The fraction of sp³-hybridized carbons (Fsp3) is 0.750. The molecule has 4 atom stereocenters. The van der Waals surface area contributed by atoms with Gasteiger partial charge in [0.25, 0.3) is 0 Å². The first kappa shape index (κ1) is 7.35. The van der Waals surface area contributed by atoms with Gasteiger partial charge in [-0.15, -0.1) is 4.52 Å². The molecule has 0 bridgehead atoms. The highest BCUT2D eigenvalue weighted by Gasteiger charge is 2.35. The van der Waals surface area contributed by atoms with Crippen LogP contribution in [0, 0.1) is 11.8 Å². The van der Waals surface area contributed by atoms with Crippen molar-refractivity contribution >= 4 is 11.9 Å². The lowest BCUT2D eigenvalue weighted by atomic mass is 9.84. The van der Waals surface area contributed by atoms with Crippen molar-refractivity contribution in [3.05, 3.63) is 12.2 Å². The largest absolute Gasteiger partial charge is 0.173 e. The Kier molecular flexibility index (Phi) is 1.75. The molecule has 2 aliphatic rings. The summed E-state index contributed by atoms with van der Waals surface area (Å²) < 4.78 is 4.00. The predicted molar refractivity (Wildman–Crippen MR) is 47.5 cm³/mol. The zero-order valence-electron chi connectivity index (χ0n) is 6.77. The third-order valence-corrected chi connectivity index (χ3v) is 3.79. The van der Waals surface area contributed by atoms with Gasteiger partial charge in [0, 0.05) is 11.9 Å². The van der Waals surface area contributed by atoms with Crippen LogP contribution in [0.2, 0.25) is 0 Å². The molecule has 0 fully saturated rings. The van der Waals surface area contributed by atoms with Gasteiger partial charge in [0.05, 0.1) is 5.25 Å². The van der Waals surface area contributed by atoms with E-state index in [-0.39, 0.29) is 0 Å². The first-order chi connectivity index (χ1) is 5.29. The van der Waals surface area contributed by atoms with E-state index in [1.165, 1.54) is 0 Å². The smallest absolute Gasteiger partial charge is 0.104 e. The number of rotatable bonds is 0. The molecule has 0 amide bonds. The minimum Gasteiger partial charge on any atom is -0.173 e. The molecule has 0 saturated carbocycles. The van der Waals surface area contributed by atoms with Crippen LogP contribution in [-0.4, -0.2) is 11.3 Å². The average Bonchev–Trinajstić information content (AvgIpc) is 2.45. The maximum absolute atomic E-state index is 4.14. The van der Waals surface area contributed by atoms with E-state index in [1.54, 1.807) is 11.9 Å². The van der Waals surface area contributed by atoms with Crippen LogP contribution in [0.25, 0.3) is 0 Å². The maximum Gasteiger partial charge on any atom is 0.104 e. The lowest BCUT2D eigenvalue weighted by Gasteiger charge is -2.28. The van der Waals surface area contributed by atoms with Crippen molar-refractivity contribution in [3.8, 4) is 0 Å². The molecule has 0 saturated heterocycles. The molecule has 0 aromatic rings. The Labute approximate surface area is 71.3 Å². The SMILES string of the molecule is CC1C=CC2N=NSC2C1C. The lowest BCUT2D eigenvalue weighted by molar-refractivity contribution is 0.407. The average molecular weight is 168 g/mol. The highest BCUT2D eigenvalue weighted by Crippen LogP contribution is 2.39. The Hall–Kier alpha value is -0.310. The summed E-state index contributed by atoms with van der Waals surface area (Å²) in [5.74, 6) is 1.40. The predicted octanol–water partition coefficient (Wildman–Crippen LogP) is 2.68. The molecule has 60 valence electrons. The minimum atomic E-state index is 0.367. The van der Waals surface area contributed by atoms with E-state index in [1.807, 2.05) is 0 Å². The molecule has 4 unspecified atom stereocenters. The molecule has 0 spiro atoms. The number of allylic oxidation sites excluding steroid dienone is 1. The highest BCUT2D eigenvalue weighted by atomic mass is 32.2. The molecule has 0 aromatic heterocycles. The summed E-state index contributed by atoms with van der Waals surface area (Å²) in [4.78, 5) is 0. The van der Waals surface area contributed by atoms with Crippen molar-refractivity contribution in [2.75, 3.05) is 0 Å². The van der Waals surface area contributed by atoms with Gasteiger partial charge in [-0.05, 0) is 11.8 Å². The minimum absolute atomic E-state index is 0.367. The van der Waals surface area contributed by atoms with Crippen molar-refractivity contribution in [2.24, 2.45) is 21.5 Å². The molecule has 1 aliphatic heterocycles. The maximum atomic E-state index is 4.14. The third-order valence-electron chi connectivity index (χ3n) is 2.65. The summed E-state index contributed by atoms with van der Waals surface area (Å²) in [7, 11) is 0. The molecule has 11 heavy (non-hydrogen) atoms. The van der Waals surface area contributed by atoms with Crippen molar-refractivity contribution in [1.82, 2.24) is 0 Å². The van der Waals surface area contributed by atoms with Gasteiger partial charge in [-0.25, -0.2) is 0 Å². The lowest BCUT2D eigenvalue weighted by Crippen LogP contribution is -2.30. The van der Waals surface area contributed by atoms with Gasteiger partial charge in [-0.2, -0.15) is 5.11 Å². The Morgan fingerprint density at radius 2 is 2.09 bits per heavy atom. The van der Waals surface area contributed by atoms with Crippen molar-refractivity contribution in [3.63, 3.8) is 0 Å². The molecule has 2 rings (SSSR count). The Balaban J connectivity index is 2.21. The van der Waals surface area contributed by atoms with E-state index in [0.717, 1.165) is 0 Å².